The number of nitrogens with zero attached hydrogens (tertiary/aromatic N) is 2. The van der Waals surface area contributed by atoms with Gasteiger partial charge in [0.2, 0.25) is 11.8 Å². The lowest BCUT2D eigenvalue weighted by Gasteiger charge is -2.29. The average Bonchev–Trinajstić information content (AvgIpc) is 3.57. The molecule has 3 amide bonds. The van der Waals surface area contributed by atoms with Gasteiger partial charge in [0.1, 0.15) is 23.2 Å². The van der Waals surface area contributed by atoms with Crippen molar-refractivity contribution >= 4 is 23.7 Å². The Hall–Kier alpha value is -5.29. The molecule has 3 aromatic carbocycles. The van der Waals surface area contributed by atoms with Crippen LogP contribution in [0.1, 0.15) is 82.3 Å². The third kappa shape index (κ3) is 11.9. The molecule has 51 heavy (non-hydrogen) atoms. The number of hydrogen-bond acceptors (Lipinski definition) is 7. The van der Waals surface area contributed by atoms with Crippen LogP contribution < -0.4 is 16.0 Å². The number of rotatable bonds is 16. The van der Waals surface area contributed by atoms with E-state index in [9.17, 15) is 19.2 Å². The number of ether oxygens (including phenoxy) is 2. The lowest BCUT2D eigenvalue weighted by Crippen LogP contribution is -2.59. The van der Waals surface area contributed by atoms with Crippen LogP contribution in [0.15, 0.2) is 104 Å². The van der Waals surface area contributed by atoms with E-state index in [0.29, 0.717) is 12.2 Å². The Morgan fingerprint density at radius 1 is 0.824 bits per heavy atom. The Morgan fingerprint density at radius 2 is 1.41 bits per heavy atom. The summed E-state index contributed by atoms with van der Waals surface area (Å²) >= 11 is 0. The van der Waals surface area contributed by atoms with Gasteiger partial charge in [0, 0.05) is 25.1 Å². The SMILES string of the molecule is CC(CC(=O)[C@@H](COCc1ccccc1)NC(=O)C(C)(C)NC(=O)OC(C)(C)C)c1cn(C(C(=O)NCc2ccccc2)c2ccccc2)cn1. The van der Waals surface area contributed by atoms with E-state index in [1.165, 1.54) is 13.8 Å². The zero-order chi connectivity index (χ0) is 37.0. The maximum Gasteiger partial charge on any atom is 0.408 e. The first-order chi connectivity index (χ1) is 24.2. The van der Waals surface area contributed by atoms with Gasteiger partial charge >= 0.3 is 6.09 Å². The number of carbonyl (C=O) groups is 4. The highest BCUT2D eigenvalue weighted by Crippen LogP contribution is 2.24. The van der Waals surface area contributed by atoms with E-state index in [0.717, 1.165) is 16.7 Å². The second-order valence-corrected chi connectivity index (χ2v) is 14.1. The molecule has 0 aliphatic rings. The predicted molar refractivity (Wildman–Crippen MR) is 195 cm³/mol. The highest BCUT2D eigenvalue weighted by molar-refractivity contribution is 5.94. The van der Waals surface area contributed by atoms with Crippen molar-refractivity contribution in [2.24, 2.45) is 0 Å². The van der Waals surface area contributed by atoms with Crippen molar-refractivity contribution in [2.45, 2.75) is 90.3 Å². The summed E-state index contributed by atoms with van der Waals surface area (Å²) in [5.74, 6) is -1.39. The zero-order valence-electron chi connectivity index (χ0n) is 30.2. The Kier molecular flexibility index (Phi) is 13.3. The van der Waals surface area contributed by atoms with Gasteiger partial charge in [-0.3, -0.25) is 14.4 Å². The minimum atomic E-state index is -1.39. The van der Waals surface area contributed by atoms with Crippen LogP contribution in [-0.2, 0) is 37.0 Å². The van der Waals surface area contributed by atoms with E-state index in [4.69, 9.17) is 9.47 Å². The van der Waals surface area contributed by atoms with Crippen molar-refractivity contribution < 1.29 is 28.7 Å². The molecule has 3 N–H and O–H groups in total. The van der Waals surface area contributed by atoms with Gasteiger partial charge in [-0.25, -0.2) is 9.78 Å². The van der Waals surface area contributed by atoms with Crippen LogP contribution >= 0.6 is 0 Å². The topological polar surface area (TPSA) is 141 Å². The van der Waals surface area contributed by atoms with Gasteiger partial charge in [0.05, 0.1) is 25.2 Å². The summed E-state index contributed by atoms with van der Waals surface area (Å²) in [6, 6.07) is 26.9. The third-order valence-corrected chi connectivity index (χ3v) is 8.08. The standard InChI is InChI=1S/C40H49N5O6/c1-28(32-24-45(27-42-32)35(31-20-14-9-15-21-31)36(47)41-23-29-16-10-7-11-17-29)22-34(46)33(26-50-25-30-18-12-8-13-19-30)43-37(48)40(5,6)44-38(49)51-39(2,3)4/h7-21,24,27-28,33,35H,22-23,25-26H2,1-6H3,(H,41,47)(H,43,48)(H,44,49)/t28?,33-,35?/m1/s1. The van der Waals surface area contributed by atoms with Crippen LogP contribution in [0.2, 0.25) is 0 Å². The lowest BCUT2D eigenvalue weighted by atomic mass is 9.96. The Balaban J connectivity index is 1.48. The molecular formula is C40H49N5O6. The number of aromatic nitrogens is 2. The number of carbonyl (C=O) groups excluding carboxylic acids is 4. The molecule has 1 heterocycles. The predicted octanol–water partition coefficient (Wildman–Crippen LogP) is 5.86. The molecule has 4 rings (SSSR count). The molecule has 0 saturated carbocycles. The first-order valence-corrected chi connectivity index (χ1v) is 17.1. The molecule has 270 valence electrons. The quantitative estimate of drug-likeness (QED) is 0.134. The summed E-state index contributed by atoms with van der Waals surface area (Å²) in [5, 5.41) is 8.42. The molecule has 3 atom stereocenters. The first-order valence-electron chi connectivity index (χ1n) is 17.1. The number of benzene rings is 3. The van der Waals surface area contributed by atoms with E-state index in [2.05, 4.69) is 20.9 Å². The molecule has 2 unspecified atom stereocenters. The number of ketones is 1. The molecule has 0 radical (unpaired) electrons. The molecule has 0 fully saturated rings. The molecule has 0 spiro atoms. The summed E-state index contributed by atoms with van der Waals surface area (Å²) in [5.41, 5.74) is 1.16. The van der Waals surface area contributed by atoms with Crippen LogP contribution in [0, 0.1) is 0 Å². The molecule has 0 saturated heterocycles. The second kappa shape index (κ2) is 17.6. The van der Waals surface area contributed by atoms with Crippen molar-refractivity contribution in [2.75, 3.05) is 6.61 Å². The Labute approximate surface area is 300 Å². The van der Waals surface area contributed by atoms with E-state index in [1.807, 2.05) is 97.9 Å². The normalized spacial score (nSPS) is 13.4. The van der Waals surface area contributed by atoms with Gasteiger partial charge in [0.25, 0.3) is 0 Å². The Morgan fingerprint density at radius 3 is 2.02 bits per heavy atom. The number of amides is 3. The molecule has 11 nitrogen and oxygen atoms in total. The van der Waals surface area contributed by atoms with Crippen LogP contribution in [0.25, 0.3) is 0 Å². The van der Waals surface area contributed by atoms with Crippen molar-refractivity contribution in [1.29, 1.82) is 0 Å². The van der Waals surface area contributed by atoms with E-state index >= 15 is 0 Å². The summed E-state index contributed by atoms with van der Waals surface area (Å²) in [4.78, 5) is 57.9. The van der Waals surface area contributed by atoms with Gasteiger partial charge < -0.3 is 30.0 Å². The zero-order valence-corrected chi connectivity index (χ0v) is 30.2. The van der Waals surface area contributed by atoms with Crippen LogP contribution in [0.3, 0.4) is 0 Å². The molecule has 11 heteroatoms. The first kappa shape index (κ1) is 38.5. The highest BCUT2D eigenvalue weighted by Gasteiger charge is 2.35. The van der Waals surface area contributed by atoms with Gasteiger partial charge in [-0.15, -0.1) is 0 Å². The number of imidazole rings is 1. The van der Waals surface area contributed by atoms with Gasteiger partial charge in [-0.05, 0) is 51.3 Å². The van der Waals surface area contributed by atoms with Crippen LogP contribution in [-0.4, -0.2) is 57.0 Å². The monoisotopic (exact) mass is 695 g/mol. The van der Waals surface area contributed by atoms with Crippen molar-refractivity contribution in [3.63, 3.8) is 0 Å². The summed E-state index contributed by atoms with van der Waals surface area (Å²) < 4.78 is 13.0. The highest BCUT2D eigenvalue weighted by atomic mass is 16.6. The third-order valence-electron chi connectivity index (χ3n) is 8.08. The van der Waals surface area contributed by atoms with E-state index in [-0.39, 0.29) is 37.2 Å². The fourth-order valence-corrected chi connectivity index (χ4v) is 5.31. The maximum atomic E-state index is 13.8. The number of alkyl carbamates (subject to hydrolysis) is 1. The largest absolute Gasteiger partial charge is 0.444 e. The molecule has 0 aliphatic heterocycles. The minimum Gasteiger partial charge on any atom is -0.444 e. The molecule has 0 aliphatic carbocycles. The van der Waals surface area contributed by atoms with Crippen molar-refractivity contribution in [1.82, 2.24) is 25.5 Å². The molecule has 4 aromatic rings. The van der Waals surface area contributed by atoms with Crippen LogP contribution in [0.5, 0.6) is 0 Å². The molecule has 1 aromatic heterocycles. The maximum absolute atomic E-state index is 13.8. The molecular weight excluding hydrogens is 646 g/mol. The van der Waals surface area contributed by atoms with Crippen molar-refractivity contribution in [3.8, 4) is 0 Å². The van der Waals surface area contributed by atoms with E-state index in [1.54, 1.807) is 37.9 Å². The number of nitrogens with one attached hydrogen (secondary N) is 3. The lowest BCUT2D eigenvalue weighted by molar-refractivity contribution is -0.132. The Bertz CT molecular complexity index is 1740. The number of Topliss-reactive ketones (excluding diaryl/α,β-unsaturated/α-hetero) is 1. The fourth-order valence-electron chi connectivity index (χ4n) is 5.31. The van der Waals surface area contributed by atoms with Gasteiger partial charge in [0.15, 0.2) is 5.78 Å². The van der Waals surface area contributed by atoms with Gasteiger partial charge in [-0.2, -0.15) is 0 Å². The van der Waals surface area contributed by atoms with Gasteiger partial charge in [-0.1, -0.05) is 97.9 Å². The number of hydrogen-bond donors (Lipinski definition) is 3. The van der Waals surface area contributed by atoms with E-state index < -0.39 is 35.2 Å². The van der Waals surface area contributed by atoms with Crippen LogP contribution in [0.4, 0.5) is 4.79 Å². The fraction of sp³-hybridized carbons (Fsp3) is 0.375. The summed E-state index contributed by atoms with van der Waals surface area (Å²) in [7, 11) is 0. The van der Waals surface area contributed by atoms with Crippen molar-refractivity contribution in [3.05, 3.63) is 126 Å². The average molecular weight is 696 g/mol. The second-order valence-electron chi connectivity index (χ2n) is 14.1. The smallest absolute Gasteiger partial charge is 0.408 e. The minimum absolute atomic E-state index is 0.0345. The summed E-state index contributed by atoms with van der Waals surface area (Å²) in [6.45, 7) is 10.7. The molecule has 0 bridgehead atoms. The summed E-state index contributed by atoms with van der Waals surface area (Å²) in [6.07, 6.45) is 2.67.